The summed E-state index contributed by atoms with van der Waals surface area (Å²) in [5, 5.41) is 0. The van der Waals surface area contributed by atoms with E-state index in [1.54, 1.807) is 0 Å². The van der Waals surface area contributed by atoms with Gasteiger partial charge in [-0.3, -0.25) is 4.99 Å². The zero-order chi connectivity index (χ0) is 13.9. The molecule has 0 heterocycles. The van der Waals surface area contributed by atoms with Gasteiger partial charge in [-0.25, -0.2) is 0 Å². The minimum atomic E-state index is 0.650. The van der Waals surface area contributed by atoms with Gasteiger partial charge in [-0.1, -0.05) is 54.6 Å². The molecule has 0 fully saturated rings. The van der Waals surface area contributed by atoms with Crippen LogP contribution in [0.5, 0.6) is 0 Å². The minimum absolute atomic E-state index is 0.650. The van der Waals surface area contributed by atoms with Crippen molar-refractivity contribution in [2.75, 3.05) is 13.7 Å². The summed E-state index contributed by atoms with van der Waals surface area (Å²) < 4.78 is 5.93. The Kier molecular flexibility index (Phi) is 3.38. The van der Waals surface area contributed by atoms with Gasteiger partial charge in [0.2, 0.25) is 0 Å². The Bertz CT molecular complexity index is 684. The molecule has 0 aromatic heterocycles. The lowest BCUT2D eigenvalue weighted by molar-refractivity contribution is 0.300. The summed E-state index contributed by atoms with van der Waals surface area (Å²) in [6, 6.07) is 18.6. The molecule has 0 amide bonds. The molecule has 0 atom stereocenters. The van der Waals surface area contributed by atoms with Crippen LogP contribution in [0.2, 0.25) is 0 Å². The second-order valence-corrected chi connectivity index (χ2v) is 4.62. The topological polar surface area (TPSA) is 21.6 Å². The van der Waals surface area contributed by atoms with E-state index in [1.165, 1.54) is 0 Å². The highest BCUT2D eigenvalue weighted by Crippen LogP contribution is 2.39. The summed E-state index contributed by atoms with van der Waals surface area (Å²) in [4.78, 5) is 4.50. The molecule has 2 heteroatoms. The maximum absolute atomic E-state index is 5.93. The van der Waals surface area contributed by atoms with Gasteiger partial charge in [0, 0.05) is 18.2 Å². The Morgan fingerprint density at radius 2 is 1.55 bits per heavy atom. The third-order valence-corrected chi connectivity index (χ3v) is 3.47. The van der Waals surface area contributed by atoms with E-state index in [-0.39, 0.29) is 0 Å². The van der Waals surface area contributed by atoms with E-state index in [1.807, 2.05) is 44.3 Å². The third-order valence-electron chi connectivity index (χ3n) is 3.47. The summed E-state index contributed by atoms with van der Waals surface area (Å²) >= 11 is 0. The van der Waals surface area contributed by atoms with Crippen molar-refractivity contribution in [1.29, 1.82) is 0 Å². The van der Waals surface area contributed by atoms with E-state index in [4.69, 9.17) is 4.74 Å². The predicted octanol–water partition coefficient (Wildman–Crippen LogP) is 4.02. The summed E-state index contributed by atoms with van der Waals surface area (Å²) in [5.74, 6) is 0.940. The van der Waals surface area contributed by atoms with Crippen molar-refractivity contribution < 1.29 is 4.74 Å². The van der Waals surface area contributed by atoms with E-state index in [9.17, 15) is 0 Å². The zero-order valence-electron chi connectivity index (χ0n) is 11.8. The quantitative estimate of drug-likeness (QED) is 0.819. The van der Waals surface area contributed by atoms with Crippen molar-refractivity contribution in [3.05, 3.63) is 71.3 Å². The largest absolute Gasteiger partial charge is 0.492 e. The van der Waals surface area contributed by atoms with Crippen molar-refractivity contribution in [3.8, 4) is 0 Å². The van der Waals surface area contributed by atoms with Crippen molar-refractivity contribution in [1.82, 2.24) is 0 Å². The maximum Gasteiger partial charge on any atom is 0.137 e. The van der Waals surface area contributed by atoms with Gasteiger partial charge in [-0.2, -0.15) is 0 Å². The fourth-order valence-corrected chi connectivity index (χ4v) is 2.66. The van der Waals surface area contributed by atoms with E-state index < -0.39 is 0 Å². The number of aliphatic imine (C=N–C) groups is 1. The lowest BCUT2D eigenvalue weighted by Crippen LogP contribution is -2.00. The highest BCUT2D eigenvalue weighted by molar-refractivity contribution is 6.41. The molecule has 1 aliphatic carbocycles. The Morgan fingerprint density at radius 1 is 0.900 bits per heavy atom. The summed E-state index contributed by atoms with van der Waals surface area (Å²) in [6.45, 7) is 2.66. The first-order valence-corrected chi connectivity index (χ1v) is 6.86. The van der Waals surface area contributed by atoms with E-state index in [0.717, 1.165) is 33.7 Å². The normalized spacial score (nSPS) is 15.6. The highest BCUT2D eigenvalue weighted by atomic mass is 16.5. The molecule has 0 spiro atoms. The molecule has 0 aliphatic heterocycles. The van der Waals surface area contributed by atoms with Crippen LogP contribution in [0.15, 0.2) is 59.6 Å². The maximum atomic E-state index is 5.93. The van der Waals surface area contributed by atoms with Gasteiger partial charge >= 0.3 is 0 Å². The van der Waals surface area contributed by atoms with Crippen LogP contribution in [0.25, 0.3) is 11.3 Å². The number of rotatable bonds is 3. The van der Waals surface area contributed by atoms with Gasteiger partial charge in [0.15, 0.2) is 0 Å². The van der Waals surface area contributed by atoms with Crippen molar-refractivity contribution in [2.45, 2.75) is 6.92 Å². The van der Waals surface area contributed by atoms with Gasteiger partial charge in [0.05, 0.1) is 17.9 Å². The molecular formula is C18H17NO. The molecule has 1 aliphatic rings. The fraction of sp³-hybridized carbons (Fsp3) is 0.167. The molecule has 20 heavy (non-hydrogen) atoms. The number of hydrogen-bond donors (Lipinski definition) is 0. The number of hydrogen-bond acceptors (Lipinski definition) is 2. The lowest BCUT2D eigenvalue weighted by Gasteiger charge is -2.09. The standard InChI is InChI=1S/C18H17NO/c1-3-20-18-15-12-8-7-11-14(15)17(19-2)16(18)13-9-5-4-6-10-13/h4-12H,3H2,1-2H3. The Hall–Kier alpha value is -2.35. The van der Waals surface area contributed by atoms with Crippen LogP contribution in [-0.4, -0.2) is 19.4 Å². The van der Waals surface area contributed by atoms with Gasteiger partial charge in [0.25, 0.3) is 0 Å². The SMILES string of the molecule is CCOC1=C(c2ccccc2)C(=NC)c2ccccc21. The van der Waals surface area contributed by atoms with Gasteiger partial charge in [-0.05, 0) is 12.5 Å². The van der Waals surface area contributed by atoms with Crippen LogP contribution in [-0.2, 0) is 4.74 Å². The fourth-order valence-electron chi connectivity index (χ4n) is 2.66. The Morgan fingerprint density at radius 3 is 2.20 bits per heavy atom. The zero-order valence-corrected chi connectivity index (χ0v) is 11.8. The molecule has 0 bridgehead atoms. The summed E-state index contributed by atoms with van der Waals surface area (Å²) in [6.07, 6.45) is 0. The monoisotopic (exact) mass is 263 g/mol. The number of allylic oxidation sites excluding steroid dienone is 1. The van der Waals surface area contributed by atoms with Crippen molar-refractivity contribution in [3.63, 3.8) is 0 Å². The number of ether oxygens (including phenoxy) is 1. The van der Waals surface area contributed by atoms with Crippen molar-refractivity contribution in [2.24, 2.45) is 4.99 Å². The molecular weight excluding hydrogens is 246 g/mol. The molecule has 2 aromatic carbocycles. The number of fused-ring (bicyclic) bond motifs is 1. The second-order valence-electron chi connectivity index (χ2n) is 4.62. The van der Waals surface area contributed by atoms with Gasteiger partial charge in [0.1, 0.15) is 5.76 Å². The van der Waals surface area contributed by atoms with Gasteiger partial charge < -0.3 is 4.74 Å². The minimum Gasteiger partial charge on any atom is -0.492 e. The molecule has 0 N–H and O–H groups in total. The van der Waals surface area contributed by atoms with Crippen LogP contribution < -0.4 is 0 Å². The van der Waals surface area contributed by atoms with E-state index in [0.29, 0.717) is 6.61 Å². The van der Waals surface area contributed by atoms with Crippen LogP contribution in [0, 0.1) is 0 Å². The van der Waals surface area contributed by atoms with Crippen molar-refractivity contribution >= 4 is 17.0 Å². The first-order chi connectivity index (χ1) is 9.86. The highest BCUT2D eigenvalue weighted by Gasteiger charge is 2.29. The summed E-state index contributed by atoms with van der Waals surface area (Å²) in [7, 11) is 1.84. The molecule has 0 unspecified atom stereocenters. The lowest BCUT2D eigenvalue weighted by atomic mass is 10.0. The number of benzene rings is 2. The third kappa shape index (κ3) is 1.94. The molecule has 0 saturated heterocycles. The average molecular weight is 263 g/mol. The first kappa shape index (κ1) is 12.7. The van der Waals surface area contributed by atoms with Crippen LogP contribution in [0.4, 0.5) is 0 Å². The molecule has 0 saturated carbocycles. The first-order valence-electron chi connectivity index (χ1n) is 6.86. The summed E-state index contributed by atoms with van der Waals surface area (Å²) in [5.41, 5.74) is 5.53. The second kappa shape index (κ2) is 5.33. The predicted molar refractivity (Wildman–Crippen MR) is 83.8 cm³/mol. The van der Waals surface area contributed by atoms with Gasteiger partial charge in [-0.15, -0.1) is 0 Å². The van der Waals surface area contributed by atoms with Crippen LogP contribution in [0.3, 0.4) is 0 Å². The Balaban J connectivity index is 2.26. The average Bonchev–Trinajstić information content (AvgIpc) is 2.82. The number of nitrogens with zero attached hydrogens (tertiary/aromatic N) is 1. The Labute approximate surface area is 119 Å². The van der Waals surface area contributed by atoms with E-state index in [2.05, 4.69) is 29.3 Å². The molecule has 3 rings (SSSR count). The molecule has 100 valence electrons. The van der Waals surface area contributed by atoms with E-state index >= 15 is 0 Å². The molecule has 2 aromatic rings. The van der Waals surface area contributed by atoms with Crippen LogP contribution >= 0.6 is 0 Å². The molecule has 0 radical (unpaired) electrons. The molecule has 2 nitrogen and oxygen atoms in total. The smallest absolute Gasteiger partial charge is 0.137 e. The van der Waals surface area contributed by atoms with Crippen LogP contribution in [0.1, 0.15) is 23.6 Å².